The van der Waals surface area contributed by atoms with E-state index >= 15 is 0 Å². The predicted molar refractivity (Wildman–Crippen MR) is 97.1 cm³/mol. The molecule has 0 spiro atoms. The molecule has 0 aromatic carbocycles. The monoisotopic (exact) mass is 395 g/mol. The average Bonchev–Trinajstić information content (AvgIpc) is 2.42. The number of nitrogens with two attached hydrogens (primary N) is 1. The van der Waals surface area contributed by atoms with Crippen molar-refractivity contribution in [2.75, 3.05) is 18.1 Å². The van der Waals surface area contributed by atoms with Crippen molar-refractivity contribution in [3.8, 4) is 0 Å². The van der Waals surface area contributed by atoms with Crippen LogP contribution in [0.2, 0.25) is 0 Å². The Morgan fingerprint density at radius 2 is 1.76 bits per heavy atom. The lowest BCUT2D eigenvalue weighted by Crippen LogP contribution is -2.50. The molecule has 11 heteroatoms. The van der Waals surface area contributed by atoms with Crippen LogP contribution < -0.4 is 16.4 Å². The van der Waals surface area contributed by atoms with E-state index in [-0.39, 0.29) is 12.8 Å². The molecule has 0 aliphatic rings. The molecule has 0 aliphatic heterocycles. The molecule has 0 radical (unpaired) electrons. The van der Waals surface area contributed by atoms with Crippen molar-refractivity contribution >= 4 is 45.5 Å². The number of amides is 3. The third kappa shape index (κ3) is 14.4. The first kappa shape index (κ1) is 23.4. The maximum Gasteiger partial charge on any atom is 0.408 e. The Labute approximate surface area is 154 Å². The summed E-state index contributed by atoms with van der Waals surface area (Å²) >= 11 is 0. The van der Waals surface area contributed by atoms with Crippen LogP contribution in [0.5, 0.6) is 0 Å². The molecular weight excluding hydrogens is 370 g/mol. The molecule has 9 nitrogen and oxygen atoms in total. The van der Waals surface area contributed by atoms with Gasteiger partial charge >= 0.3 is 12.1 Å². The van der Waals surface area contributed by atoms with E-state index in [1.54, 1.807) is 20.8 Å². The summed E-state index contributed by atoms with van der Waals surface area (Å²) in [5.41, 5.74) is 4.37. The third-order valence-corrected chi connectivity index (χ3v) is 4.79. The maximum atomic E-state index is 12.1. The van der Waals surface area contributed by atoms with Crippen molar-refractivity contribution in [3.05, 3.63) is 0 Å². The zero-order valence-electron chi connectivity index (χ0n) is 14.5. The largest absolute Gasteiger partial charge is 0.481 e. The number of rotatable bonds is 11. The predicted octanol–water partition coefficient (Wildman–Crippen LogP) is 0.727. The molecule has 25 heavy (non-hydrogen) atoms. The maximum absolute atomic E-state index is 12.1. The van der Waals surface area contributed by atoms with Crippen molar-refractivity contribution < 1.29 is 29.0 Å². The van der Waals surface area contributed by atoms with E-state index in [1.807, 2.05) is 0 Å². The molecule has 0 rings (SSSR count). The zero-order valence-corrected chi connectivity index (χ0v) is 16.1. The van der Waals surface area contributed by atoms with Gasteiger partial charge in [0, 0.05) is 18.1 Å². The first-order valence-electron chi connectivity index (χ1n) is 7.53. The number of carboxylic acid groups (broad SMARTS) is 1. The molecule has 3 amide bonds. The second kappa shape index (κ2) is 11.9. The van der Waals surface area contributed by atoms with E-state index in [4.69, 9.17) is 15.6 Å². The van der Waals surface area contributed by atoms with Crippen LogP contribution in [0, 0.1) is 0 Å². The average molecular weight is 396 g/mol. The molecule has 0 aliphatic carbocycles. The van der Waals surface area contributed by atoms with E-state index in [1.165, 1.54) is 21.6 Å². The van der Waals surface area contributed by atoms with Gasteiger partial charge < -0.3 is 26.2 Å². The third-order valence-electron chi connectivity index (χ3n) is 2.38. The lowest BCUT2D eigenvalue weighted by molar-refractivity contribution is -0.136. The van der Waals surface area contributed by atoms with E-state index in [9.17, 15) is 19.2 Å². The second-order valence-electron chi connectivity index (χ2n) is 5.95. The lowest BCUT2D eigenvalue weighted by atomic mass is 10.2. The smallest absolute Gasteiger partial charge is 0.408 e. The summed E-state index contributed by atoms with van der Waals surface area (Å²) in [6.07, 6.45) is -1.08. The molecular formula is C14H25N3O6S2. The summed E-state index contributed by atoms with van der Waals surface area (Å²) in [6, 6.07) is -1.11. The van der Waals surface area contributed by atoms with Gasteiger partial charge in [-0.1, -0.05) is 21.6 Å². The SMILES string of the molecule is CC(C)(C)OC(=O)NC(CC(N)=O)C(=O)NCCSSCCC(=O)O. The molecule has 0 saturated carbocycles. The van der Waals surface area contributed by atoms with Gasteiger partial charge in [-0.15, -0.1) is 0 Å². The van der Waals surface area contributed by atoms with Crippen molar-refractivity contribution in [2.45, 2.75) is 45.3 Å². The molecule has 1 atom stereocenters. The van der Waals surface area contributed by atoms with Crippen LogP contribution >= 0.6 is 21.6 Å². The molecule has 0 heterocycles. The van der Waals surface area contributed by atoms with Crippen LogP contribution in [0.15, 0.2) is 0 Å². The van der Waals surface area contributed by atoms with Crippen LogP contribution in [-0.2, 0) is 19.1 Å². The summed E-state index contributed by atoms with van der Waals surface area (Å²) < 4.78 is 5.05. The van der Waals surface area contributed by atoms with Gasteiger partial charge in [0.05, 0.1) is 12.8 Å². The summed E-state index contributed by atoms with van der Waals surface area (Å²) in [4.78, 5) is 45.2. The number of hydrogen-bond donors (Lipinski definition) is 4. The number of primary amides is 1. The normalized spacial score (nSPS) is 12.1. The van der Waals surface area contributed by atoms with Crippen LogP contribution in [0.4, 0.5) is 4.79 Å². The Hall–Kier alpha value is -1.62. The summed E-state index contributed by atoms with van der Waals surface area (Å²) in [5, 5.41) is 13.4. The van der Waals surface area contributed by atoms with E-state index in [0.29, 0.717) is 18.1 Å². The molecule has 0 aromatic heterocycles. The topological polar surface area (TPSA) is 148 Å². The van der Waals surface area contributed by atoms with Gasteiger partial charge in [0.1, 0.15) is 11.6 Å². The molecule has 5 N–H and O–H groups in total. The Morgan fingerprint density at radius 3 is 2.28 bits per heavy atom. The van der Waals surface area contributed by atoms with Crippen LogP contribution in [0.3, 0.4) is 0 Å². The Bertz CT molecular complexity index is 482. The second-order valence-corrected chi connectivity index (χ2v) is 8.65. The highest BCUT2D eigenvalue weighted by molar-refractivity contribution is 8.76. The first-order valence-corrected chi connectivity index (χ1v) is 10.0. The fourth-order valence-electron chi connectivity index (χ4n) is 1.45. The fraction of sp³-hybridized carbons (Fsp3) is 0.714. The summed E-state index contributed by atoms with van der Waals surface area (Å²) in [5.74, 6) is -1.11. The van der Waals surface area contributed by atoms with Gasteiger partial charge in [-0.3, -0.25) is 14.4 Å². The van der Waals surface area contributed by atoms with Crippen LogP contribution in [0.1, 0.15) is 33.6 Å². The highest BCUT2D eigenvalue weighted by Crippen LogP contribution is 2.20. The van der Waals surface area contributed by atoms with Gasteiger partial charge in [-0.2, -0.15) is 0 Å². The van der Waals surface area contributed by atoms with E-state index < -0.39 is 35.5 Å². The lowest BCUT2D eigenvalue weighted by Gasteiger charge is -2.22. The minimum atomic E-state index is -1.11. The van der Waals surface area contributed by atoms with Gasteiger partial charge in [0.2, 0.25) is 11.8 Å². The van der Waals surface area contributed by atoms with E-state index in [2.05, 4.69) is 10.6 Å². The van der Waals surface area contributed by atoms with Crippen molar-refractivity contribution in [1.29, 1.82) is 0 Å². The van der Waals surface area contributed by atoms with Crippen LogP contribution in [0.25, 0.3) is 0 Å². The van der Waals surface area contributed by atoms with Crippen molar-refractivity contribution in [3.63, 3.8) is 0 Å². The number of alkyl carbamates (subject to hydrolysis) is 1. The summed E-state index contributed by atoms with van der Waals surface area (Å²) in [6.45, 7) is 5.33. The molecule has 0 fully saturated rings. The molecule has 0 aromatic rings. The fourth-order valence-corrected chi connectivity index (χ4v) is 3.33. The van der Waals surface area contributed by atoms with Crippen LogP contribution in [-0.4, -0.2) is 58.7 Å². The standard InChI is InChI=1S/C14H25N3O6S2/c1-14(2,3)23-13(22)17-9(8-10(15)18)12(21)16-5-7-25-24-6-4-11(19)20/h9H,4-8H2,1-3H3,(H2,15,18)(H,16,21)(H,17,22)(H,19,20). The minimum absolute atomic E-state index is 0.0739. The highest BCUT2D eigenvalue weighted by atomic mass is 33.1. The molecule has 0 saturated heterocycles. The first-order chi connectivity index (χ1) is 11.5. The van der Waals surface area contributed by atoms with Crippen molar-refractivity contribution in [1.82, 2.24) is 10.6 Å². The van der Waals surface area contributed by atoms with Crippen molar-refractivity contribution in [2.24, 2.45) is 5.73 Å². The molecule has 0 bridgehead atoms. The number of ether oxygens (including phenoxy) is 1. The van der Waals surface area contributed by atoms with Gasteiger partial charge in [0.25, 0.3) is 0 Å². The van der Waals surface area contributed by atoms with E-state index in [0.717, 1.165) is 0 Å². The highest BCUT2D eigenvalue weighted by Gasteiger charge is 2.25. The number of aliphatic carboxylic acids is 1. The Kier molecular flexibility index (Phi) is 11.1. The Morgan fingerprint density at radius 1 is 1.16 bits per heavy atom. The molecule has 144 valence electrons. The minimum Gasteiger partial charge on any atom is -0.481 e. The Balaban J connectivity index is 4.25. The number of carboxylic acids is 1. The van der Waals surface area contributed by atoms with Gasteiger partial charge in [-0.05, 0) is 20.8 Å². The quantitative estimate of drug-likeness (QED) is 0.295. The van der Waals surface area contributed by atoms with Gasteiger partial charge in [0.15, 0.2) is 0 Å². The number of hydrogen-bond acceptors (Lipinski definition) is 7. The number of carbonyl (C=O) groups excluding carboxylic acids is 3. The molecule has 1 unspecified atom stereocenters. The van der Waals surface area contributed by atoms with Gasteiger partial charge in [-0.25, -0.2) is 4.79 Å². The number of nitrogens with one attached hydrogen (secondary N) is 2. The number of carbonyl (C=O) groups is 4. The zero-order chi connectivity index (χ0) is 19.5. The summed E-state index contributed by atoms with van der Waals surface area (Å²) in [7, 11) is 2.81.